The van der Waals surface area contributed by atoms with E-state index in [0.717, 1.165) is 13.1 Å². The highest BCUT2D eigenvalue weighted by atomic mass is 16.4. The van der Waals surface area contributed by atoms with E-state index in [1.165, 1.54) is 0 Å². The lowest BCUT2D eigenvalue weighted by atomic mass is 10.3. The first-order valence-corrected chi connectivity index (χ1v) is 4.58. The van der Waals surface area contributed by atoms with Gasteiger partial charge in [-0.05, 0) is 14.1 Å². The zero-order valence-corrected chi connectivity index (χ0v) is 8.86. The summed E-state index contributed by atoms with van der Waals surface area (Å²) >= 11 is 0. The highest BCUT2D eigenvalue weighted by molar-refractivity contribution is 5.69. The first-order chi connectivity index (χ1) is 6.56. The molecule has 0 heterocycles. The van der Waals surface area contributed by atoms with Crippen molar-refractivity contribution >= 4 is 5.97 Å². The minimum atomic E-state index is -0.805. The molecule has 0 saturated heterocycles. The first-order valence-electron chi connectivity index (χ1n) is 4.58. The van der Waals surface area contributed by atoms with Gasteiger partial charge in [0.1, 0.15) is 0 Å². The largest absolute Gasteiger partial charge is 0.480 e. The molecule has 0 rings (SSSR count). The van der Waals surface area contributed by atoms with Gasteiger partial charge in [-0.25, -0.2) is 0 Å². The molecule has 0 aromatic carbocycles. The lowest BCUT2D eigenvalue weighted by Gasteiger charge is -2.21. The van der Waals surface area contributed by atoms with Crippen molar-refractivity contribution in [3.63, 3.8) is 0 Å². The number of carbonyl (C=O) groups is 1. The normalized spacial score (nSPS) is 10.5. The molecule has 0 spiro atoms. The Hall–Kier alpha value is -1.05. The predicted octanol–water partition coefficient (Wildman–Crippen LogP) is -0.0421. The van der Waals surface area contributed by atoms with Gasteiger partial charge in [0.2, 0.25) is 0 Å². The number of likely N-dealkylation sites (N-methyl/N-ethyl adjacent to an activating group) is 1. The number of terminal acetylenes is 1. The highest BCUT2D eigenvalue weighted by Crippen LogP contribution is 1.91. The second-order valence-corrected chi connectivity index (χ2v) is 3.43. The Labute approximate surface area is 85.5 Å². The Balaban J connectivity index is 3.85. The summed E-state index contributed by atoms with van der Waals surface area (Å²) in [7, 11) is 3.92. The molecule has 0 aromatic rings. The summed E-state index contributed by atoms with van der Waals surface area (Å²) in [4.78, 5) is 14.4. The summed E-state index contributed by atoms with van der Waals surface area (Å²) in [6.07, 6.45) is 5.73. The molecule has 0 aliphatic heterocycles. The quantitative estimate of drug-likeness (QED) is 0.583. The number of hydrogen-bond donors (Lipinski definition) is 1. The number of carboxylic acid groups (broad SMARTS) is 1. The van der Waals surface area contributed by atoms with Crippen LogP contribution in [0.5, 0.6) is 0 Å². The molecule has 0 unspecified atom stereocenters. The topological polar surface area (TPSA) is 43.8 Å². The Morgan fingerprint density at radius 2 is 2.00 bits per heavy atom. The van der Waals surface area contributed by atoms with Crippen LogP contribution in [-0.2, 0) is 4.79 Å². The average Bonchev–Trinajstić information content (AvgIpc) is 2.09. The van der Waals surface area contributed by atoms with Crippen molar-refractivity contribution in [3.8, 4) is 12.3 Å². The van der Waals surface area contributed by atoms with Crippen LogP contribution in [0.15, 0.2) is 0 Å². The zero-order chi connectivity index (χ0) is 11.0. The van der Waals surface area contributed by atoms with Gasteiger partial charge in [0.25, 0.3) is 0 Å². The van der Waals surface area contributed by atoms with E-state index in [1.807, 2.05) is 23.9 Å². The maximum absolute atomic E-state index is 10.5. The number of carboxylic acids is 1. The minimum Gasteiger partial charge on any atom is -0.480 e. The number of hydrogen-bond acceptors (Lipinski definition) is 3. The Bertz CT molecular complexity index is 209. The molecule has 0 aromatic heterocycles. The summed E-state index contributed by atoms with van der Waals surface area (Å²) in [5, 5.41) is 8.64. The fourth-order valence-corrected chi connectivity index (χ4v) is 1.03. The fraction of sp³-hybridized carbons (Fsp3) is 0.700. The van der Waals surface area contributed by atoms with Crippen LogP contribution in [0.1, 0.15) is 6.42 Å². The molecule has 0 radical (unpaired) electrons. The molecule has 4 nitrogen and oxygen atoms in total. The Morgan fingerprint density at radius 1 is 1.36 bits per heavy atom. The van der Waals surface area contributed by atoms with Crippen molar-refractivity contribution in [1.82, 2.24) is 9.80 Å². The maximum Gasteiger partial charge on any atom is 0.317 e. The van der Waals surface area contributed by atoms with Crippen LogP contribution in [0, 0.1) is 12.3 Å². The van der Waals surface area contributed by atoms with Gasteiger partial charge in [-0.15, -0.1) is 12.3 Å². The van der Waals surface area contributed by atoms with E-state index >= 15 is 0 Å². The number of aliphatic carboxylic acids is 1. The van der Waals surface area contributed by atoms with Gasteiger partial charge in [0.15, 0.2) is 0 Å². The SMILES string of the molecule is C#CCCN(CCN(C)C)CC(=O)O. The van der Waals surface area contributed by atoms with E-state index < -0.39 is 5.97 Å². The van der Waals surface area contributed by atoms with Gasteiger partial charge in [0.05, 0.1) is 6.54 Å². The minimum absolute atomic E-state index is 0.0650. The zero-order valence-electron chi connectivity index (χ0n) is 8.86. The molecule has 1 N–H and O–H groups in total. The van der Waals surface area contributed by atoms with Crippen molar-refractivity contribution in [2.75, 3.05) is 40.3 Å². The first kappa shape index (κ1) is 12.9. The van der Waals surface area contributed by atoms with Crippen LogP contribution in [0.25, 0.3) is 0 Å². The van der Waals surface area contributed by atoms with Gasteiger partial charge in [-0.2, -0.15) is 0 Å². The van der Waals surface area contributed by atoms with E-state index in [0.29, 0.717) is 13.0 Å². The van der Waals surface area contributed by atoms with Gasteiger partial charge < -0.3 is 10.0 Å². The van der Waals surface area contributed by atoms with Crippen LogP contribution in [0.3, 0.4) is 0 Å². The summed E-state index contributed by atoms with van der Waals surface area (Å²) in [5.74, 6) is 1.71. The van der Waals surface area contributed by atoms with Gasteiger partial charge >= 0.3 is 5.97 Å². The molecule has 0 saturated carbocycles. The van der Waals surface area contributed by atoms with Crippen molar-refractivity contribution in [2.24, 2.45) is 0 Å². The van der Waals surface area contributed by atoms with Crippen molar-refractivity contribution in [2.45, 2.75) is 6.42 Å². The molecule has 0 bridgehead atoms. The van der Waals surface area contributed by atoms with E-state index in [-0.39, 0.29) is 6.54 Å². The smallest absolute Gasteiger partial charge is 0.317 e. The third kappa shape index (κ3) is 7.59. The maximum atomic E-state index is 10.5. The van der Waals surface area contributed by atoms with Gasteiger partial charge in [-0.3, -0.25) is 9.69 Å². The second kappa shape index (κ2) is 7.36. The summed E-state index contributed by atoms with van der Waals surface area (Å²) < 4.78 is 0. The number of rotatable bonds is 7. The second-order valence-electron chi connectivity index (χ2n) is 3.43. The molecule has 4 heteroatoms. The third-order valence-corrected chi connectivity index (χ3v) is 1.79. The van der Waals surface area contributed by atoms with Gasteiger partial charge in [-0.1, -0.05) is 0 Å². The Kier molecular flexibility index (Phi) is 6.81. The standard InChI is InChI=1S/C10H18N2O2/c1-4-5-6-12(9-10(13)14)8-7-11(2)3/h1H,5-9H2,2-3H3,(H,13,14). The van der Waals surface area contributed by atoms with Crippen LogP contribution < -0.4 is 0 Å². The van der Waals surface area contributed by atoms with Gasteiger partial charge in [0, 0.05) is 26.1 Å². The van der Waals surface area contributed by atoms with Crippen LogP contribution >= 0.6 is 0 Å². The van der Waals surface area contributed by atoms with Crippen molar-refractivity contribution in [1.29, 1.82) is 0 Å². The van der Waals surface area contributed by atoms with E-state index in [2.05, 4.69) is 5.92 Å². The fourth-order valence-electron chi connectivity index (χ4n) is 1.03. The van der Waals surface area contributed by atoms with E-state index in [1.54, 1.807) is 0 Å². The summed E-state index contributed by atoms with van der Waals surface area (Å²) in [5.41, 5.74) is 0. The predicted molar refractivity (Wildman–Crippen MR) is 56.1 cm³/mol. The Morgan fingerprint density at radius 3 is 2.43 bits per heavy atom. The molecular formula is C10H18N2O2. The molecule has 0 atom stereocenters. The van der Waals surface area contributed by atoms with Crippen LogP contribution in [0.4, 0.5) is 0 Å². The molecule has 0 fully saturated rings. The molecular weight excluding hydrogens is 180 g/mol. The molecule has 0 aliphatic carbocycles. The monoisotopic (exact) mass is 198 g/mol. The lowest BCUT2D eigenvalue weighted by molar-refractivity contribution is -0.138. The van der Waals surface area contributed by atoms with Crippen LogP contribution in [-0.4, -0.2) is 61.2 Å². The van der Waals surface area contributed by atoms with Crippen molar-refractivity contribution < 1.29 is 9.90 Å². The van der Waals surface area contributed by atoms with Crippen molar-refractivity contribution in [3.05, 3.63) is 0 Å². The molecule has 80 valence electrons. The third-order valence-electron chi connectivity index (χ3n) is 1.79. The van der Waals surface area contributed by atoms with E-state index in [4.69, 9.17) is 11.5 Å². The molecule has 14 heavy (non-hydrogen) atoms. The van der Waals surface area contributed by atoms with Crippen LogP contribution in [0.2, 0.25) is 0 Å². The molecule has 0 amide bonds. The molecule has 0 aliphatic rings. The lowest BCUT2D eigenvalue weighted by Crippen LogP contribution is -2.36. The number of nitrogens with zero attached hydrogens (tertiary/aromatic N) is 2. The highest BCUT2D eigenvalue weighted by Gasteiger charge is 2.08. The summed E-state index contributed by atoms with van der Waals surface area (Å²) in [6, 6.07) is 0. The summed E-state index contributed by atoms with van der Waals surface area (Å²) in [6.45, 7) is 2.30. The average molecular weight is 198 g/mol. The van der Waals surface area contributed by atoms with E-state index in [9.17, 15) is 4.79 Å².